The number of benzene rings is 1. The summed E-state index contributed by atoms with van der Waals surface area (Å²) < 4.78 is 0. The molecule has 0 aliphatic heterocycles. The fourth-order valence-electron chi connectivity index (χ4n) is 3.28. The van der Waals surface area contributed by atoms with Crippen molar-refractivity contribution in [1.82, 2.24) is 15.5 Å². The van der Waals surface area contributed by atoms with Crippen molar-refractivity contribution in [1.29, 1.82) is 0 Å². The number of H-pyrrole nitrogens is 1. The highest BCUT2D eigenvalue weighted by molar-refractivity contribution is 6.05. The van der Waals surface area contributed by atoms with Gasteiger partial charge in [0.05, 0.1) is 22.4 Å². The Kier molecular flexibility index (Phi) is 3.92. The van der Waals surface area contributed by atoms with Crippen LogP contribution in [0.15, 0.2) is 18.2 Å². The van der Waals surface area contributed by atoms with Gasteiger partial charge in [0.25, 0.3) is 11.6 Å². The monoisotopic (exact) mass is 332 g/mol. The fourth-order valence-corrected chi connectivity index (χ4v) is 3.28. The number of nitrogens with one attached hydrogen (secondary N) is 2. The maximum Gasteiger partial charge on any atom is 0.305 e. The van der Waals surface area contributed by atoms with Gasteiger partial charge in [0.2, 0.25) is 0 Å². The number of amides is 1. The first-order valence-corrected chi connectivity index (χ1v) is 7.57. The average molecular weight is 332 g/mol. The number of aliphatic carboxylic acids is 1. The minimum Gasteiger partial charge on any atom is -0.481 e. The Bertz CT molecular complexity index is 822. The molecule has 1 fully saturated rings. The summed E-state index contributed by atoms with van der Waals surface area (Å²) in [5.41, 5.74) is -0.386. The van der Waals surface area contributed by atoms with Crippen molar-refractivity contribution in [3.8, 4) is 0 Å². The second-order valence-electron chi connectivity index (χ2n) is 6.07. The third kappa shape index (κ3) is 2.92. The van der Waals surface area contributed by atoms with Gasteiger partial charge in [-0.05, 0) is 18.9 Å². The molecule has 0 atom stereocenters. The van der Waals surface area contributed by atoms with Gasteiger partial charge in [-0.2, -0.15) is 5.10 Å². The van der Waals surface area contributed by atoms with Crippen LogP contribution in [0, 0.1) is 10.1 Å². The van der Waals surface area contributed by atoms with Gasteiger partial charge in [-0.15, -0.1) is 0 Å². The molecule has 3 rings (SSSR count). The first-order valence-electron chi connectivity index (χ1n) is 7.57. The molecule has 1 aromatic heterocycles. The molecule has 1 aliphatic carbocycles. The number of fused-ring (bicyclic) bond motifs is 1. The second-order valence-corrected chi connectivity index (χ2v) is 6.07. The maximum absolute atomic E-state index is 12.6. The van der Waals surface area contributed by atoms with Crippen molar-refractivity contribution in [2.75, 3.05) is 0 Å². The van der Waals surface area contributed by atoms with Crippen LogP contribution in [0.2, 0.25) is 0 Å². The van der Waals surface area contributed by atoms with Gasteiger partial charge in [0.15, 0.2) is 5.69 Å². The quantitative estimate of drug-likeness (QED) is 0.565. The molecule has 1 heterocycles. The van der Waals surface area contributed by atoms with E-state index in [1.165, 1.54) is 18.2 Å². The largest absolute Gasteiger partial charge is 0.481 e. The van der Waals surface area contributed by atoms with E-state index in [1.807, 2.05) is 0 Å². The summed E-state index contributed by atoms with van der Waals surface area (Å²) in [4.78, 5) is 34.1. The molecule has 3 N–H and O–H groups in total. The van der Waals surface area contributed by atoms with Crippen molar-refractivity contribution in [3.05, 3.63) is 34.0 Å². The number of carboxylic acid groups (broad SMARTS) is 1. The summed E-state index contributed by atoms with van der Waals surface area (Å²) in [6, 6.07) is 4.09. The van der Waals surface area contributed by atoms with E-state index in [0.29, 0.717) is 23.7 Å². The van der Waals surface area contributed by atoms with Crippen molar-refractivity contribution >= 4 is 28.5 Å². The molecule has 0 saturated heterocycles. The number of aromatic amines is 1. The minimum absolute atomic E-state index is 0.0327. The molecule has 0 unspecified atom stereocenters. The summed E-state index contributed by atoms with van der Waals surface area (Å²) in [7, 11) is 0. The van der Waals surface area contributed by atoms with E-state index in [1.54, 1.807) is 0 Å². The molecule has 1 amide bonds. The number of hydrogen-bond acceptors (Lipinski definition) is 5. The molecule has 0 spiro atoms. The number of nitro benzene ring substituents is 1. The van der Waals surface area contributed by atoms with Crippen LogP contribution < -0.4 is 5.32 Å². The maximum atomic E-state index is 12.6. The summed E-state index contributed by atoms with van der Waals surface area (Å²) in [5.74, 6) is -1.50. The SMILES string of the molecule is O=C(O)CC1(NC(=O)c2n[nH]c3ccc([N+](=O)[O-])cc23)CCCC1. The smallest absolute Gasteiger partial charge is 0.305 e. The van der Waals surface area contributed by atoms with Gasteiger partial charge in [0.1, 0.15) is 0 Å². The standard InChI is InChI=1S/C15H16N4O5/c20-12(21)8-15(5-1-2-6-15)16-14(22)13-10-7-9(19(23)24)3-4-11(10)17-18-13/h3-4,7H,1-2,5-6,8H2,(H,16,22)(H,17,18)(H,20,21). The van der Waals surface area contributed by atoms with Crippen LogP contribution >= 0.6 is 0 Å². The zero-order valence-corrected chi connectivity index (χ0v) is 12.7. The lowest BCUT2D eigenvalue weighted by atomic mass is 9.93. The van der Waals surface area contributed by atoms with E-state index in [4.69, 9.17) is 5.11 Å². The van der Waals surface area contributed by atoms with E-state index in [0.717, 1.165) is 12.8 Å². The van der Waals surface area contributed by atoms with E-state index in [-0.39, 0.29) is 17.8 Å². The molecule has 1 aromatic carbocycles. The molecule has 0 bridgehead atoms. The number of aromatic nitrogens is 2. The Hall–Kier alpha value is -2.97. The number of hydrogen-bond donors (Lipinski definition) is 3. The van der Waals surface area contributed by atoms with Crippen molar-refractivity contribution < 1.29 is 19.6 Å². The van der Waals surface area contributed by atoms with E-state index < -0.39 is 22.3 Å². The molecule has 126 valence electrons. The first-order chi connectivity index (χ1) is 11.4. The number of carbonyl (C=O) groups is 2. The lowest BCUT2D eigenvalue weighted by Crippen LogP contribution is -2.48. The van der Waals surface area contributed by atoms with Crippen LogP contribution in [0.25, 0.3) is 10.9 Å². The number of carboxylic acids is 1. The number of nitrogens with zero attached hydrogens (tertiary/aromatic N) is 2. The molecule has 9 nitrogen and oxygen atoms in total. The zero-order valence-electron chi connectivity index (χ0n) is 12.7. The third-order valence-corrected chi connectivity index (χ3v) is 4.40. The molecule has 1 saturated carbocycles. The molecule has 1 aliphatic rings. The lowest BCUT2D eigenvalue weighted by Gasteiger charge is -2.28. The van der Waals surface area contributed by atoms with E-state index in [9.17, 15) is 19.7 Å². The summed E-state index contributed by atoms with van der Waals surface area (Å²) in [6.45, 7) is 0. The Morgan fingerprint density at radius 2 is 2.08 bits per heavy atom. The first kappa shape index (κ1) is 15.9. The van der Waals surface area contributed by atoms with Gasteiger partial charge in [-0.1, -0.05) is 12.8 Å². The Balaban J connectivity index is 1.92. The molecule has 2 aromatic rings. The summed E-state index contributed by atoms with van der Waals surface area (Å²) in [5, 5.41) is 29.7. The normalized spacial score (nSPS) is 16.2. The van der Waals surface area contributed by atoms with E-state index >= 15 is 0 Å². The van der Waals surface area contributed by atoms with Crippen LogP contribution in [0.4, 0.5) is 5.69 Å². The van der Waals surface area contributed by atoms with E-state index in [2.05, 4.69) is 15.5 Å². The van der Waals surface area contributed by atoms with Crippen LogP contribution in [-0.2, 0) is 4.79 Å². The molecular weight excluding hydrogens is 316 g/mol. The lowest BCUT2D eigenvalue weighted by molar-refractivity contribution is -0.384. The Morgan fingerprint density at radius 1 is 1.38 bits per heavy atom. The molecule has 9 heteroatoms. The summed E-state index contributed by atoms with van der Waals surface area (Å²) >= 11 is 0. The minimum atomic E-state index is -0.972. The van der Waals surface area contributed by atoms with Gasteiger partial charge < -0.3 is 10.4 Å². The second kappa shape index (κ2) is 5.91. The van der Waals surface area contributed by atoms with Crippen LogP contribution in [0.3, 0.4) is 0 Å². The molecular formula is C15H16N4O5. The van der Waals surface area contributed by atoms with Gasteiger partial charge in [-0.3, -0.25) is 24.8 Å². The Labute approximate surface area is 136 Å². The van der Waals surface area contributed by atoms with Crippen LogP contribution in [0.5, 0.6) is 0 Å². The van der Waals surface area contributed by atoms with Gasteiger partial charge in [-0.25, -0.2) is 0 Å². The third-order valence-electron chi connectivity index (χ3n) is 4.40. The number of non-ortho nitro benzene ring substituents is 1. The van der Waals surface area contributed by atoms with Crippen molar-refractivity contribution in [2.45, 2.75) is 37.6 Å². The Morgan fingerprint density at radius 3 is 2.71 bits per heavy atom. The zero-order chi connectivity index (χ0) is 17.3. The molecule has 0 radical (unpaired) electrons. The highest BCUT2D eigenvalue weighted by Crippen LogP contribution is 2.33. The topological polar surface area (TPSA) is 138 Å². The average Bonchev–Trinajstić information content (AvgIpc) is 3.12. The number of rotatable bonds is 5. The molecule has 24 heavy (non-hydrogen) atoms. The van der Waals surface area contributed by atoms with Crippen LogP contribution in [0.1, 0.15) is 42.6 Å². The van der Waals surface area contributed by atoms with Crippen molar-refractivity contribution in [2.24, 2.45) is 0 Å². The number of carbonyl (C=O) groups excluding carboxylic acids is 1. The van der Waals surface area contributed by atoms with Gasteiger partial charge in [0, 0.05) is 17.5 Å². The fraction of sp³-hybridized carbons (Fsp3) is 0.400. The predicted molar refractivity (Wildman–Crippen MR) is 83.7 cm³/mol. The van der Waals surface area contributed by atoms with Crippen molar-refractivity contribution in [3.63, 3.8) is 0 Å². The highest BCUT2D eigenvalue weighted by atomic mass is 16.6. The summed E-state index contributed by atoms with van der Waals surface area (Å²) in [6.07, 6.45) is 2.73. The number of nitro groups is 1. The van der Waals surface area contributed by atoms with Crippen LogP contribution in [-0.4, -0.2) is 37.6 Å². The van der Waals surface area contributed by atoms with Gasteiger partial charge >= 0.3 is 5.97 Å². The predicted octanol–water partition coefficient (Wildman–Crippen LogP) is 1.99. The highest BCUT2D eigenvalue weighted by Gasteiger charge is 2.38.